The molecule has 0 aromatic heterocycles. The molecule has 0 aliphatic carbocycles. The van der Waals surface area contributed by atoms with E-state index in [1.165, 1.54) is 31.2 Å². The molecule has 1 N–H and O–H groups in total. The highest BCUT2D eigenvalue weighted by Crippen LogP contribution is 2.28. The van der Waals surface area contributed by atoms with E-state index in [2.05, 4.69) is 0 Å². The second-order valence-corrected chi connectivity index (χ2v) is 8.22. The van der Waals surface area contributed by atoms with Crippen molar-refractivity contribution in [3.05, 3.63) is 63.7 Å². The topological polar surface area (TPSA) is 118 Å². The Hall–Kier alpha value is -2.94. The first-order valence-corrected chi connectivity index (χ1v) is 9.57. The van der Waals surface area contributed by atoms with Gasteiger partial charge in [-0.25, -0.2) is 8.42 Å². The second-order valence-electron chi connectivity index (χ2n) is 6.36. The third kappa shape index (κ3) is 4.43. The van der Waals surface area contributed by atoms with Gasteiger partial charge in [0.2, 0.25) is 0 Å². The fraction of sp³-hybridized carbons (Fsp3) is 0.278. The van der Waals surface area contributed by atoms with Gasteiger partial charge in [-0.05, 0) is 36.6 Å². The number of aliphatic carboxylic acids is 1. The molecule has 0 aliphatic heterocycles. The molecule has 0 unspecified atom stereocenters. The van der Waals surface area contributed by atoms with E-state index in [0.29, 0.717) is 5.56 Å². The standard InChI is InChI=1S/C18H20N2O6S/c1-12(2)14-5-7-15(8-6-14)19(11-18(21)22)27(25,26)16-9-4-13(3)17(10-16)20(23)24/h4-10,12H,11H2,1-3H3,(H,21,22). The van der Waals surface area contributed by atoms with Gasteiger partial charge in [-0.3, -0.25) is 19.2 Å². The van der Waals surface area contributed by atoms with Crippen molar-refractivity contribution in [2.45, 2.75) is 31.6 Å². The molecule has 0 amide bonds. The van der Waals surface area contributed by atoms with Gasteiger partial charge in [0, 0.05) is 11.6 Å². The number of rotatable bonds is 7. The maximum Gasteiger partial charge on any atom is 0.324 e. The Morgan fingerprint density at radius 2 is 1.78 bits per heavy atom. The Kier molecular flexibility index (Phi) is 5.85. The summed E-state index contributed by atoms with van der Waals surface area (Å²) < 4.78 is 26.8. The van der Waals surface area contributed by atoms with Gasteiger partial charge in [0.25, 0.3) is 15.7 Å². The molecular formula is C18H20N2O6S. The minimum absolute atomic E-state index is 0.171. The summed E-state index contributed by atoms with van der Waals surface area (Å²) in [6.07, 6.45) is 0. The first-order chi connectivity index (χ1) is 12.5. The number of anilines is 1. The first-order valence-electron chi connectivity index (χ1n) is 8.13. The molecular weight excluding hydrogens is 372 g/mol. The molecule has 0 atom stereocenters. The van der Waals surface area contributed by atoms with Crippen molar-refractivity contribution >= 4 is 27.4 Å². The van der Waals surface area contributed by atoms with Gasteiger partial charge in [-0.1, -0.05) is 32.0 Å². The molecule has 0 heterocycles. The molecule has 0 bridgehead atoms. The number of carboxylic acid groups (broad SMARTS) is 1. The van der Waals surface area contributed by atoms with Crippen LogP contribution in [0.15, 0.2) is 47.4 Å². The smallest absolute Gasteiger partial charge is 0.324 e. The monoisotopic (exact) mass is 392 g/mol. The van der Waals surface area contributed by atoms with Crippen LogP contribution in [0.3, 0.4) is 0 Å². The molecule has 0 saturated heterocycles. The Bertz CT molecular complexity index is 968. The molecule has 2 aromatic carbocycles. The fourth-order valence-electron chi connectivity index (χ4n) is 2.54. The summed E-state index contributed by atoms with van der Waals surface area (Å²) in [7, 11) is -4.31. The minimum atomic E-state index is -4.31. The number of hydrogen-bond acceptors (Lipinski definition) is 5. The van der Waals surface area contributed by atoms with Gasteiger partial charge in [0.15, 0.2) is 0 Å². The van der Waals surface area contributed by atoms with Crippen molar-refractivity contribution in [2.24, 2.45) is 0 Å². The number of aryl methyl sites for hydroxylation is 1. The Morgan fingerprint density at radius 1 is 1.19 bits per heavy atom. The second kappa shape index (κ2) is 7.75. The Morgan fingerprint density at radius 3 is 2.26 bits per heavy atom. The zero-order valence-corrected chi connectivity index (χ0v) is 15.9. The number of nitrogens with zero attached hydrogens (tertiary/aromatic N) is 2. The molecule has 144 valence electrons. The molecule has 0 fully saturated rings. The first kappa shape index (κ1) is 20.4. The van der Waals surface area contributed by atoms with Gasteiger partial charge in [-0.2, -0.15) is 0 Å². The summed E-state index contributed by atoms with van der Waals surface area (Å²) in [5.41, 5.74) is 1.11. The number of carbonyl (C=O) groups is 1. The SMILES string of the molecule is Cc1ccc(S(=O)(=O)N(CC(=O)O)c2ccc(C(C)C)cc2)cc1[N+](=O)[O-]. The molecule has 0 spiro atoms. The molecule has 27 heavy (non-hydrogen) atoms. The Balaban J connectivity index is 2.56. The summed E-state index contributed by atoms with van der Waals surface area (Å²) in [4.78, 5) is 21.4. The zero-order chi connectivity index (χ0) is 20.4. The largest absolute Gasteiger partial charge is 0.480 e. The lowest BCUT2D eigenvalue weighted by Gasteiger charge is -2.23. The number of carboxylic acids is 1. The van der Waals surface area contributed by atoms with Crippen LogP contribution in [0.25, 0.3) is 0 Å². The third-order valence-corrected chi connectivity index (χ3v) is 5.86. The normalized spacial score (nSPS) is 11.4. The predicted octanol–water partition coefficient (Wildman–Crippen LogP) is 3.31. The summed E-state index contributed by atoms with van der Waals surface area (Å²) in [6.45, 7) is 4.65. The van der Waals surface area contributed by atoms with E-state index in [9.17, 15) is 28.4 Å². The Labute approximate surface area is 157 Å². The van der Waals surface area contributed by atoms with E-state index in [1.54, 1.807) is 12.1 Å². The number of hydrogen-bond donors (Lipinski definition) is 1. The van der Waals surface area contributed by atoms with Crippen molar-refractivity contribution < 1.29 is 23.2 Å². The van der Waals surface area contributed by atoms with Crippen LogP contribution < -0.4 is 4.31 Å². The van der Waals surface area contributed by atoms with Gasteiger partial charge >= 0.3 is 5.97 Å². The molecule has 0 radical (unpaired) electrons. The number of nitro groups is 1. The van der Waals surface area contributed by atoms with E-state index >= 15 is 0 Å². The van der Waals surface area contributed by atoms with Gasteiger partial charge in [0.05, 0.1) is 15.5 Å². The molecule has 2 rings (SSSR count). The van der Waals surface area contributed by atoms with Crippen molar-refractivity contribution in [1.29, 1.82) is 0 Å². The van der Waals surface area contributed by atoms with Crippen LogP contribution in [0, 0.1) is 17.0 Å². The number of nitro benzene ring substituents is 1. The van der Waals surface area contributed by atoms with E-state index in [0.717, 1.165) is 15.9 Å². The van der Waals surface area contributed by atoms with Crippen LogP contribution in [0.4, 0.5) is 11.4 Å². The quantitative estimate of drug-likeness (QED) is 0.570. The average Bonchev–Trinajstić information content (AvgIpc) is 2.59. The van der Waals surface area contributed by atoms with Crippen LogP contribution in [0.1, 0.15) is 30.9 Å². The van der Waals surface area contributed by atoms with E-state index in [-0.39, 0.29) is 22.2 Å². The summed E-state index contributed by atoms with van der Waals surface area (Å²) in [6, 6.07) is 10.0. The lowest BCUT2D eigenvalue weighted by Crippen LogP contribution is -2.35. The van der Waals surface area contributed by atoms with Crippen molar-refractivity contribution in [3.8, 4) is 0 Å². The molecule has 8 nitrogen and oxygen atoms in total. The lowest BCUT2D eigenvalue weighted by atomic mass is 10.0. The summed E-state index contributed by atoms with van der Waals surface area (Å²) in [5.74, 6) is -1.11. The van der Waals surface area contributed by atoms with Crippen LogP contribution in [-0.2, 0) is 14.8 Å². The summed E-state index contributed by atoms with van der Waals surface area (Å²) >= 11 is 0. The van der Waals surface area contributed by atoms with E-state index < -0.39 is 27.5 Å². The number of benzene rings is 2. The number of sulfonamides is 1. The third-order valence-electron chi connectivity index (χ3n) is 4.09. The molecule has 2 aromatic rings. The highest BCUT2D eigenvalue weighted by Gasteiger charge is 2.29. The van der Waals surface area contributed by atoms with Crippen molar-refractivity contribution in [1.82, 2.24) is 0 Å². The maximum absolute atomic E-state index is 13.0. The van der Waals surface area contributed by atoms with Crippen molar-refractivity contribution in [3.63, 3.8) is 0 Å². The van der Waals surface area contributed by atoms with E-state index in [4.69, 9.17) is 0 Å². The van der Waals surface area contributed by atoms with Crippen LogP contribution in [0.5, 0.6) is 0 Å². The van der Waals surface area contributed by atoms with Crippen LogP contribution >= 0.6 is 0 Å². The molecule has 9 heteroatoms. The van der Waals surface area contributed by atoms with E-state index in [1.807, 2.05) is 13.8 Å². The van der Waals surface area contributed by atoms with Gasteiger partial charge < -0.3 is 5.11 Å². The average molecular weight is 392 g/mol. The zero-order valence-electron chi connectivity index (χ0n) is 15.1. The highest BCUT2D eigenvalue weighted by molar-refractivity contribution is 7.92. The predicted molar refractivity (Wildman–Crippen MR) is 101 cm³/mol. The lowest BCUT2D eigenvalue weighted by molar-refractivity contribution is -0.385. The molecule has 0 aliphatic rings. The summed E-state index contributed by atoms with van der Waals surface area (Å²) in [5, 5.41) is 20.3. The van der Waals surface area contributed by atoms with Crippen LogP contribution in [0.2, 0.25) is 0 Å². The van der Waals surface area contributed by atoms with Crippen molar-refractivity contribution in [2.75, 3.05) is 10.8 Å². The molecule has 0 saturated carbocycles. The maximum atomic E-state index is 13.0. The van der Waals surface area contributed by atoms with Gasteiger partial charge in [-0.15, -0.1) is 0 Å². The highest BCUT2D eigenvalue weighted by atomic mass is 32.2. The fourth-order valence-corrected chi connectivity index (χ4v) is 3.97. The van der Waals surface area contributed by atoms with Crippen LogP contribution in [-0.4, -0.2) is 31.0 Å². The van der Waals surface area contributed by atoms with Gasteiger partial charge in [0.1, 0.15) is 6.54 Å². The minimum Gasteiger partial charge on any atom is -0.480 e.